The van der Waals surface area contributed by atoms with Crippen LogP contribution in [0.25, 0.3) is 0 Å². The number of aromatic nitrogens is 1. The zero-order valence-electron chi connectivity index (χ0n) is 8.38. The summed E-state index contributed by atoms with van der Waals surface area (Å²) in [6, 6.07) is 0. The van der Waals surface area contributed by atoms with Crippen LogP contribution in [0, 0.1) is 5.41 Å². The van der Waals surface area contributed by atoms with Crippen molar-refractivity contribution in [1.82, 2.24) is 4.98 Å². The summed E-state index contributed by atoms with van der Waals surface area (Å²) >= 11 is 7.71. The van der Waals surface area contributed by atoms with Crippen LogP contribution in [0.5, 0.6) is 0 Å². The van der Waals surface area contributed by atoms with E-state index >= 15 is 0 Å². The Kier molecular flexibility index (Phi) is 3.74. The third-order valence-corrected chi connectivity index (χ3v) is 2.88. The van der Waals surface area contributed by atoms with Crippen LogP contribution < -0.4 is 0 Å². The highest BCUT2D eigenvalue weighted by atomic mass is 35.5. The van der Waals surface area contributed by atoms with Crippen molar-refractivity contribution in [1.29, 1.82) is 0 Å². The van der Waals surface area contributed by atoms with E-state index in [9.17, 15) is 0 Å². The summed E-state index contributed by atoms with van der Waals surface area (Å²) in [5.41, 5.74) is 0.263. The van der Waals surface area contributed by atoms with E-state index < -0.39 is 0 Å². The van der Waals surface area contributed by atoms with E-state index in [1.807, 2.05) is 18.5 Å². The molecular formula is C10H16ClNS. The van der Waals surface area contributed by atoms with E-state index in [4.69, 9.17) is 11.6 Å². The molecule has 0 aliphatic heterocycles. The number of hydrogen-bond acceptors (Lipinski definition) is 2. The Hall–Kier alpha value is -0.0800. The lowest BCUT2D eigenvalue weighted by Crippen LogP contribution is -2.18. The maximum absolute atomic E-state index is 5.99. The molecule has 1 atom stereocenters. The molecule has 0 saturated carbocycles. The van der Waals surface area contributed by atoms with Crippen molar-refractivity contribution in [3.8, 4) is 0 Å². The fourth-order valence-corrected chi connectivity index (χ4v) is 2.88. The van der Waals surface area contributed by atoms with Crippen molar-refractivity contribution in [2.45, 2.75) is 39.0 Å². The topological polar surface area (TPSA) is 12.9 Å². The van der Waals surface area contributed by atoms with Gasteiger partial charge in [0, 0.05) is 23.4 Å². The van der Waals surface area contributed by atoms with Gasteiger partial charge in [0.2, 0.25) is 0 Å². The average molecular weight is 218 g/mol. The first-order valence-electron chi connectivity index (χ1n) is 4.52. The van der Waals surface area contributed by atoms with Crippen molar-refractivity contribution in [3.63, 3.8) is 0 Å². The molecule has 0 N–H and O–H groups in total. The summed E-state index contributed by atoms with van der Waals surface area (Å²) in [5.74, 6) is 0. The van der Waals surface area contributed by atoms with Crippen LogP contribution in [0.1, 0.15) is 32.2 Å². The summed E-state index contributed by atoms with van der Waals surface area (Å²) in [7, 11) is 0. The van der Waals surface area contributed by atoms with Crippen LogP contribution in [0.4, 0.5) is 0 Å². The summed E-state index contributed by atoms with van der Waals surface area (Å²) in [5, 5.41) is 3.48. The second-order valence-corrected chi connectivity index (χ2v) is 5.98. The molecule has 1 heterocycles. The largest absolute Gasteiger partial charge is 0.250 e. The first-order chi connectivity index (χ1) is 5.99. The SMILES string of the molecule is CC(Cl)CC(C)(C)Cc1nccs1. The van der Waals surface area contributed by atoms with E-state index in [1.54, 1.807) is 11.3 Å². The minimum absolute atomic E-state index is 0.245. The zero-order valence-corrected chi connectivity index (χ0v) is 9.95. The predicted octanol–water partition coefficient (Wildman–Crippen LogP) is 3.73. The molecule has 13 heavy (non-hydrogen) atoms. The molecule has 0 aliphatic rings. The van der Waals surface area contributed by atoms with Crippen LogP contribution in [0.15, 0.2) is 11.6 Å². The molecule has 0 aromatic carbocycles. The van der Waals surface area contributed by atoms with E-state index in [0.717, 1.165) is 12.8 Å². The lowest BCUT2D eigenvalue weighted by atomic mass is 9.85. The van der Waals surface area contributed by atoms with Gasteiger partial charge in [0.25, 0.3) is 0 Å². The molecule has 1 nitrogen and oxygen atoms in total. The van der Waals surface area contributed by atoms with E-state index in [1.165, 1.54) is 5.01 Å². The predicted molar refractivity (Wildman–Crippen MR) is 59.5 cm³/mol. The Morgan fingerprint density at radius 1 is 1.62 bits per heavy atom. The lowest BCUT2D eigenvalue weighted by Gasteiger charge is -2.24. The molecule has 0 spiro atoms. The van der Waals surface area contributed by atoms with Crippen molar-refractivity contribution >= 4 is 22.9 Å². The molecule has 1 aromatic heterocycles. The lowest BCUT2D eigenvalue weighted by molar-refractivity contribution is 0.331. The molecule has 0 amide bonds. The van der Waals surface area contributed by atoms with Crippen LogP contribution in [0.2, 0.25) is 0 Å². The quantitative estimate of drug-likeness (QED) is 0.701. The first-order valence-corrected chi connectivity index (χ1v) is 5.84. The van der Waals surface area contributed by atoms with Crippen LogP contribution in [-0.4, -0.2) is 10.4 Å². The number of hydrogen-bond donors (Lipinski definition) is 0. The summed E-state index contributed by atoms with van der Waals surface area (Å²) in [6.45, 7) is 6.53. The minimum atomic E-state index is 0.245. The number of rotatable bonds is 4. The summed E-state index contributed by atoms with van der Waals surface area (Å²) in [4.78, 5) is 4.28. The van der Waals surface area contributed by atoms with Gasteiger partial charge >= 0.3 is 0 Å². The molecule has 3 heteroatoms. The molecule has 0 bridgehead atoms. The van der Waals surface area contributed by atoms with Gasteiger partial charge in [0.05, 0.1) is 5.01 Å². The van der Waals surface area contributed by atoms with Gasteiger partial charge in [-0.1, -0.05) is 13.8 Å². The fourth-order valence-electron chi connectivity index (χ4n) is 1.58. The highest BCUT2D eigenvalue weighted by Crippen LogP contribution is 2.29. The van der Waals surface area contributed by atoms with Crippen molar-refractivity contribution in [3.05, 3.63) is 16.6 Å². The van der Waals surface area contributed by atoms with Gasteiger partial charge in [-0.25, -0.2) is 4.98 Å². The van der Waals surface area contributed by atoms with Gasteiger partial charge in [0.15, 0.2) is 0 Å². The molecule has 1 unspecified atom stereocenters. The highest BCUT2D eigenvalue weighted by molar-refractivity contribution is 7.09. The number of thiazole rings is 1. The van der Waals surface area contributed by atoms with Gasteiger partial charge in [-0.3, -0.25) is 0 Å². The van der Waals surface area contributed by atoms with Crippen molar-refractivity contribution < 1.29 is 0 Å². The molecule has 0 fully saturated rings. The summed E-state index contributed by atoms with van der Waals surface area (Å²) in [6.07, 6.45) is 3.93. The normalized spacial score (nSPS) is 14.5. The van der Waals surface area contributed by atoms with Gasteiger partial charge in [-0.05, 0) is 18.8 Å². The third-order valence-electron chi connectivity index (χ3n) is 1.95. The van der Waals surface area contributed by atoms with Gasteiger partial charge < -0.3 is 0 Å². The first kappa shape index (κ1) is 11.0. The van der Waals surface area contributed by atoms with Gasteiger partial charge in [-0.2, -0.15) is 0 Å². The minimum Gasteiger partial charge on any atom is -0.250 e. The molecular weight excluding hydrogens is 202 g/mol. The molecule has 1 rings (SSSR count). The average Bonchev–Trinajstić information content (AvgIpc) is 2.34. The second-order valence-electron chi connectivity index (χ2n) is 4.25. The third kappa shape index (κ3) is 4.10. The summed E-state index contributed by atoms with van der Waals surface area (Å²) < 4.78 is 0. The van der Waals surface area contributed by atoms with Crippen LogP contribution >= 0.6 is 22.9 Å². The van der Waals surface area contributed by atoms with E-state index in [-0.39, 0.29) is 10.8 Å². The maximum atomic E-state index is 5.99. The monoisotopic (exact) mass is 217 g/mol. The highest BCUT2D eigenvalue weighted by Gasteiger charge is 2.21. The zero-order chi connectivity index (χ0) is 9.90. The Morgan fingerprint density at radius 3 is 2.77 bits per heavy atom. The van der Waals surface area contributed by atoms with E-state index in [2.05, 4.69) is 18.8 Å². The maximum Gasteiger partial charge on any atom is 0.0930 e. The van der Waals surface area contributed by atoms with E-state index in [0.29, 0.717) is 0 Å². The Labute approximate surface area is 89.1 Å². The Balaban J connectivity index is 2.51. The molecule has 1 aromatic rings. The molecule has 0 aliphatic carbocycles. The Bertz CT molecular complexity index is 241. The second kappa shape index (κ2) is 4.43. The van der Waals surface area contributed by atoms with Crippen LogP contribution in [-0.2, 0) is 6.42 Å². The van der Waals surface area contributed by atoms with Crippen molar-refractivity contribution in [2.24, 2.45) is 5.41 Å². The van der Waals surface area contributed by atoms with Crippen LogP contribution in [0.3, 0.4) is 0 Å². The molecule has 0 saturated heterocycles. The smallest absolute Gasteiger partial charge is 0.0930 e. The Morgan fingerprint density at radius 2 is 2.31 bits per heavy atom. The number of alkyl halides is 1. The standard InChI is InChI=1S/C10H16ClNS/c1-8(11)6-10(2,3)7-9-12-4-5-13-9/h4-5,8H,6-7H2,1-3H3. The van der Waals surface area contributed by atoms with Gasteiger partial charge in [0.1, 0.15) is 0 Å². The number of halogens is 1. The fraction of sp³-hybridized carbons (Fsp3) is 0.700. The van der Waals surface area contributed by atoms with Gasteiger partial charge in [-0.15, -0.1) is 22.9 Å². The van der Waals surface area contributed by atoms with Crippen molar-refractivity contribution in [2.75, 3.05) is 0 Å². The molecule has 74 valence electrons. The number of nitrogens with zero attached hydrogens (tertiary/aromatic N) is 1. The molecule has 0 radical (unpaired) electrons.